The molecule has 4 rings (SSSR count). The quantitative estimate of drug-likeness (QED) is 0.899. The molecule has 4 unspecified atom stereocenters. The number of hydrogen-bond donors (Lipinski definition) is 1. The SMILES string of the molecule is O=C(O)C1c2ccccc2CCN1C1CC2CCC1C2. The summed E-state index contributed by atoms with van der Waals surface area (Å²) in [4.78, 5) is 14.1. The molecule has 0 aromatic heterocycles. The van der Waals surface area contributed by atoms with Crippen LogP contribution in [-0.4, -0.2) is 28.6 Å². The zero-order chi connectivity index (χ0) is 13.7. The third kappa shape index (κ3) is 1.80. The maximum atomic E-state index is 11.8. The first-order valence-electron chi connectivity index (χ1n) is 7.80. The molecule has 2 saturated carbocycles. The van der Waals surface area contributed by atoms with Gasteiger partial charge in [0.1, 0.15) is 6.04 Å². The number of hydrogen-bond acceptors (Lipinski definition) is 2. The summed E-state index contributed by atoms with van der Waals surface area (Å²) in [5.74, 6) is 0.920. The summed E-state index contributed by atoms with van der Waals surface area (Å²) in [6, 6.07) is 8.16. The van der Waals surface area contributed by atoms with E-state index in [9.17, 15) is 9.90 Å². The number of fused-ring (bicyclic) bond motifs is 3. The zero-order valence-electron chi connectivity index (χ0n) is 11.7. The van der Waals surface area contributed by atoms with Crippen molar-refractivity contribution in [2.45, 2.75) is 44.2 Å². The Morgan fingerprint density at radius 2 is 2.05 bits per heavy atom. The van der Waals surface area contributed by atoms with E-state index in [1.54, 1.807) is 0 Å². The van der Waals surface area contributed by atoms with Gasteiger partial charge in [-0.15, -0.1) is 0 Å². The van der Waals surface area contributed by atoms with E-state index in [1.165, 1.54) is 31.2 Å². The number of rotatable bonds is 2. The minimum Gasteiger partial charge on any atom is -0.480 e. The van der Waals surface area contributed by atoms with Crippen LogP contribution in [0, 0.1) is 11.8 Å². The lowest BCUT2D eigenvalue weighted by Gasteiger charge is -2.42. The predicted molar refractivity (Wildman–Crippen MR) is 76.5 cm³/mol. The van der Waals surface area contributed by atoms with Crippen LogP contribution in [0.25, 0.3) is 0 Å². The monoisotopic (exact) mass is 271 g/mol. The molecule has 0 amide bonds. The summed E-state index contributed by atoms with van der Waals surface area (Å²) in [5, 5.41) is 9.74. The van der Waals surface area contributed by atoms with Crippen LogP contribution >= 0.6 is 0 Å². The first-order chi connectivity index (χ1) is 9.74. The Morgan fingerprint density at radius 3 is 2.75 bits per heavy atom. The van der Waals surface area contributed by atoms with Crippen LogP contribution in [0.2, 0.25) is 0 Å². The van der Waals surface area contributed by atoms with Gasteiger partial charge >= 0.3 is 5.97 Å². The maximum Gasteiger partial charge on any atom is 0.325 e. The van der Waals surface area contributed by atoms with Crippen LogP contribution in [0.3, 0.4) is 0 Å². The van der Waals surface area contributed by atoms with Gasteiger partial charge in [-0.1, -0.05) is 30.7 Å². The Labute approximate surface area is 119 Å². The number of carbonyl (C=O) groups is 1. The fourth-order valence-electron chi connectivity index (χ4n) is 4.84. The number of carboxylic acids is 1. The highest BCUT2D eigenvalue weighted by atomic mass is 16.4. The number of carboxylic acid groups (broad SMARTS) is 1. The Bertz CT molecular complexity index is 542. The van der Waals surface area contributed by atoms with Crippen LogP contribution < -0.4 is 0 Å². The van der Waals surface area contributed by atoms with Gasteiger partial charge in [-0.05, 0) is 48.6 Å². The van der Waals surface area contributed by atoms with E-state index in [-0.39, 0.29) is 0 Å². The minimum absolute atomic E-state index is 0.427. The lowest BCUT2D eigenvalue weighted by molar-refractivity contribution is -0.145. The third-order valence-corrected chi connectivity index (χ3v) is 5.68. The highest BCUT2D eigenvalue weighted by Crippen LogP contribution is 2.49. The van der Waals surface area contributed by atoms with Gasteiger partial charge in [0.2, 0.25) is 0 Å². The van der Waals surface area contributed by atoms with Gasteiger partial charge in [0.15, 0.2) is 0 Å². The van der Waals surface area contributed by atoms with Crippen LogP contribution in [0.15, 0.2) is 24.3 Å². The number of nitrogens with zero attached hydrogens (tertiary/aromatic N) is 1. The standard InChI is InChI=1S/C17H21NO2/c19-17(20)16-14-4-2-1-3-12(14)7-8-18(16)15-10-11-5-6-13(15)9-11/h1-4,11,13,15-16H,5-10H2,(H,19,20). The second-order valence-corrected chi connectivity index (χ2v) is 6.67. The van der Waals surface area contributed by atoms with E-state index in [1.807, 2.05) is 18.2 Å². The molecule has 3 aliphatic rings. The van der Waals surface area contributed by atoms with Crippen molar-refractivity contribution in [1.29, 1.82) is 0 Å². The summed E-state index contributed by atoms with van der Waals surface area (Å²) in [7, 11) is 0. The van der Waals surface area contributed by atoms with E-state index in [4.69, 9.17) is 0 Å². The van der Waals surface area contributed by atoms with Crippen LogP contribution in [0.1, 0.15) is 42.9 Å². The molecule has 0 spiro atoms. The minimum atomic E-state index is -0.681. The number of aliphatic carboxylic acids is 1. The summed E-state index contributed by atoms with van der Waals surface area (Å²) >= 11 is 0. The molecule has 3 nitrogen and oxygen atoms in total. The van der Waals surface area contributed by atoms with Gasteiger partial charge in [-0.2, -0.15) is 0 Å². The second-order valence-electron chi connectivity index (χ2n) is 6.67. The smallest absolute Gasteiger partial charge is 0.325 e. The van der Waals surface area contributed by atoms with Gasteiger partial charge in [-0.3, -0.25) is 9.69 Å². The van der Waals surface area contributed by atoms with Gasteiger partial charge < -0.3 is 5.11 Å². The molecular weight excluding hydrogens is 250 g/mol. The van der Waals surface area contributed by atoms with Crippen LogP contribution in [-0.2, 0) is 11.2 Å². The average Bonchev–Trinajstić information content (AvgIpc) is 3.08. The average molecular weight is 271 g/mol. The summed E-state index contributed by atoms with van der Waals surface area (Å²) in [6.07, 6.45) is 6.21. The fraction of sp³-hybridized carbons (Fsp3) is 0.588. The summed E-state index contributed by atoms with van der Waals surface area (Å²) in [6.45, 7) is 0.905. The van der Waals surface area contributed by atoms with Crippen molar-refractivity contribution in [2.75, 3.05) is 6.54 Å². The van der Waals surface area contributed by atoms with Crippen molar-refractivity contribution in [1.82, 2.24) is 4.90 Å². The van der Waals surface area contributed by atoms with E-state index in [0.29, 0.717) is 6.04 Å². The lowest BCUT2D eigenvalue weighted by Crippen LogP contribution is -2.47. The van der Waals surface area contributed by atoms with E-state index < -0.39 is 12.0 Å². The lowest BCUT2D eigenvalue weighted by atomic mass is 9.87. The van der Waals surface area contributed by atoms with Crippen molar-refractivity contribution in [3.8, 4) is 0 Å². The van der Waals surface area contributed by atoms with Crippen LogP contribution in [0.5, 0.6) is 0 Å². The molecule has 0 radical (unpaired) electrons. The molecule has 1 heterocycles. The molecule has 20 heavy (non-hydrogen) atoms. The van der Waals surface area contributed by atoms with Crippen LogP contribution in [0.4, 0.5) is 0 Å². The first-order valence-corrected chi connectivity index (χ1v) is 7.80. The summed E-state index contributed by atoms with van der Waals surface area (Å²) < 4.78 is 0. The molecule has 4 atom stereocenters. The molecule has 1 aromatic carbocycles. The van der Waals surface area contributed by atoms with Crippen molar-refractivity contribution in [3.05, 3.63) is 35.4 Å². The highest BCUT2D eigenvalue weighted by molar-refractivity contribution is 5.76. The molecule has 2 fully saturated rings. The van der Waals surface area contributed by atoms with E-state index in [2.05, 4.69) is 11.0 Å². The van der Waals surface area contributed by atoms with E-state index in [0.717, 1.165) is 30.4 Å². The Hall–Kier alpha value is -1.35. The normalized spacial score (nSPS) is 36.0. The van der Waals surface area contributed by atoms with Gasteiger partial charge in [0.05, 0.1) is 0 Å². The van der Waals surface area contributed by atoms with Gasteiger partial charge in [0.25, 0.3) is 0 Å². The van der Waals surface area contributed by atoms with E-state index >= 15 is 0 Å². The molecule has 0 saturated heterocycles. The van der Waals surface area contributed by atoms with Crippen molar-refractivity contribution < 1.29 is 9.90 Å². The van der Waals surface area contributed by atoms with Gasteiger partial charge in [0, 0.05) is 12.6 Å². The fourth-order valence-corrected chi connectivity index (χ4v) is 4.84. The van der Waals surface area contributed by atoms with Gasteiger partial charge in [-0.25, -0.2) is 0 Å². The molecule has 1 N–H and O–H groups in total. The molecule has 106 valence electrons. The number of benzene rings is 1. The third-order valence-electron chi connectivity index (χ3n) is 5.68. The predicted octanol–water partition coefficient (Wildman–Crippen LogP) is 2.86. The summed E-state index contributed by atoms with van der Waals surface area (Å²) in [5.41, 5.74) is 2.24. The molecule has 1 aromatic rings. The molecular formula is C17H21NO2. The van der Waals surface area contributed by atoms with Crippen molar-refractivity contribution >= 4 is 5.97 Å². The molecule has 1 aliphatic heterocycles. The van der Waals surface area contributed by atoms with Crippen molar-refractivity contribution in [3.63, 3.8) is 0 Å². The molecule has 3 heteroatoms. The Kier molecular flexibility index (Phi) is 2.84. The Balaban J connectivity index is 1.69. The zero-order valence-corrected chi connectivity index (χ0v) is 11.7. The molecule has 2 aliphatic carbocycles. The van der Waals surface area contributed by atoms with Crippen molar-refractivity contribution in [2.24, 2.45) is 11.8 Å². The molecule has 2 bridgehead atoms. The first kappa shape index (κ1) is 12.4. The Morgan fingerprint density at radius 1 is 1.20 bits per heavy atom. The topological polar surface area (TPSA) is 40.5 Å². The maximum absolute atomic E-state index is 11.8. The second kappa shape index (κ2) is 4.59. The highest BCUT2D eigenvalue weighted by Gasteiger charge is 2.46. The largest absolute Gasteiger partial charge is 0.480 e.